The van der Waals surface area contributed by atoms with Crippen molar-refractivity contribution >= 4 is 24.0 Å². The van der Waals surface area contributed by atoms with Crippen LogP contribution in [-0.4, -0.2) is 90.5 Å². The molecule has 2 aromatic carbocycles. The van der Waals surface area contributed by atoms with Crippen LogP contribution < -0.4 is 28.4 Å². The van der Waals surface area contributed by atoms with Crippen molar-refractivity contribution in [2.24, 2.45) is 0 Å². The molecule has 1 heterocycles. The van der Waals surface area contributed by atoms with Gasteiger partial charge in [-0.2, -0.15) is 0 Å². The molecule has 0 spiro atoms. The summed E-state index contributed by atoms with van der Waals surface area (Å²) in [5.74, 6) is 3.00. The molecule has 1 aliphatic heterocycles. The summed E-state index contributed by atoms with van der Waals surface area (Å²) in [6, 6.07) is 7.29. The molecule has 0 unspecified atom stereocenters. The highest BCUT2D eigenvalue weighted by atomic mass is 16.5. The van der Waals surface area contributed by atoms with Gasteiger partial charge in [0.05, 0.1) is 42.7 Å². The first-order chi connectivity index (χ1) is 20.9. The Labute approximate surface area is 253 Å². The average Bonchev–Trinajstić information content (AvgIpc) is 3.30. The van der Waals surface area contributed by atoms with Crippen molar-refractivity contribution in [3.05, 3.63) is 71.8 Å². The van der Waals surface area contributed by atoms with E-state index >= 15 is 0 Å². The van der Waals surface area contributed by atoms with Crippen molar-refractivity contribution in [3.63, 3.8) is 0 Å². The van der Waals surface area contributed by atoms with E-state index < -0.39 is 0 Å². The van der Waals surface area contributed by atoms with Crippen LogP contribution in [0.25, 0.3) is 12.2 Å². The number of hydrogen-bond acceptors (Lipinski definition) is 8. The normalized spacial score (nSPS) is 14.0. The fourth-order valence-electron chi connectivity index (χ4n) is 4.67. The van der Waals surface area contributed by atoms with Crippen molar-refractivity contribution in [1.82, 2.24) is 9.80 Å². The van der Waals surface area contributed by atoms with Gasteiger partial charge in [0.2, 0.25) is 23.3 Å². The van der Waals surface area contributed by atoms with Crippen LogP contribution in [-0.2, 0) is 9.59 Å². The Morgan fingerprint density at radius 2 is 0.930 bits per heavy atom. The van der Waals surface area contributed by atoms with E-state index in [1.807, 2.05) is 24.3 Å². The Bertz CT molecular complexity index is 1280. The Morgan fingerprint density at radius 1 is 0.535 bits per heavy atom. The fraction of sp³-hybridized carbons (Fsp3) is 0.333. The molecule has 230 valence electrons. The molecule has 2 amide bonds. The number of ether oxygens (including phenoxy) is 6. The van der Waals surface area contributed by atoms with Gasteiger partial charge in [-0.1, -0.05) is 36.5 Å². The van der Waals surface area contributed by atoms with Gasteiger partial charge >= 0.3 is 0 Å². The molecule has 0 aliphatic carbocycles. The first kappa shape index (κ1) is 32.7. The number of nitrogens with zero attached hydrogens (tertiary/aromatic N) is 2. The van der Waals surface area contributed by atoms with E-state index in [0.29, 0.717) is 67.1 Å². The standard InChI is InChI=1S/C33H40N2O8/c1-38-26-18-16-24(30(40-3)32(26)42-5)12-7-9-14-28(36)34-20-11-21-35(23-22-34)29(37)15-10-8-13-25-17-19-27(39-2)33(43-6)31(25)41-4/h7-10,12-19H,11,20-23H2,1-6H3. The lowest BCUT2D eigenvalue weighted by Gasteiger charge is -2.20. The van der Waals surface area contributed by atoms with E-state index in [9.17, 15) is 9.59 Å². The Balaban J connectivity index is 1.56. The molecule has 0 radical (unpaired) electrons. The van der Waals surface area contributed by atoms with Crippen LogP contribution in [0, 0.1) is 0 Å². The van der Waals surface area contributed by atoms with Crippen molar-refractivity contribution in [3.8, 4) is 34.5 Å². The van der Waals surface area contributed by atoms with E-state index in [4.69, 9.17) is 28.4 Å². The van der Waals surface area contributed by atoms with E-state index in [-0.39, 0.29) is 11.8 Å². The monoisotopic (exact) mass is 592 g/mol. The zero-order chi connectivity index (χ0) is 31.2. The molecule has 10 nitrogen and oxygen atoms in total. The summed E-state index contributed by atoms with van der Waals surface area (Å²) >= 11 is 0. The smallest absolute Gasteiger partial charge is 0.246 e. The highest BCUT2D eigenvalue weighted by molar-refractivity contribution is 5.89. The topological polar surface area (TPSA) is 96.0 Å². The molecule has 1 fully saturated rings. The molecule has 3 rings (SSSR count). The molecule has 0 aromatic heterocycles. The Kier molecular flexibility index (Phi) is 12.6. The summed E-state index contributed by atoms with van der Waals surface area (Å²) in [7, 11) is 9.35. The van der Waals surface area contributed by atoms with Gasteiger partial charge in [0.15, 0.2) is 23.0 Å². The zero-order valence-corrected chi connectivity index (χ0v) is 25.6. The predicted molar refractivity (Wildman–Crippen MR) is 166 cm³/mol. The molecule has 10 heteroatoms. The van der Waals surface area contributed by atoms with Gasteiger partial charge in [-0.15, -0.1) is 0 Å². The van der Waals surface area contributed by atoms with Gasteiger partial charge in [-0.25, -0.2) is 0 Å². The summed E-state index contributed by atoms with van der Waals surface area (Å²) in [4.78, 5) is 29.1. The van der Waals surface area contributed by atoms with Crippen LogP contribution >= 0.6 is 0 Å². The fourth-order valence-corrected chi connectivity index (χ4v) is 4.67. The van der Waals surface area contributed by atoms with Crippen LogP contribution in [0.1, 0.15) is 17.5 Å². The molecule has 0 saturated carbocycles. The van der Waals surface area contributed by atoms with Crippen LogP contribution in [0.5, 0.6) is 34.5 Å². The second-order valence-corrected chi connectivity index (χ2v) is 9.29. The maximum atomic E-state index is 12.8. The Hall–Kier alpha value is -4.86. The van der Waals surface area contributed by atoms with Gasteiger partial charge in [0.1, 0.15) is 0 Å². The van der Waals surface area contributed by atoms with Crippen molar-refractivity contribution in [1.29, 1.82) is 0 Å². The molecule has 0 bridgehead atoms. The summed E-state index contributed by atoms with van der Waals surface area (Å²) in [5.41, 5.74) is 1.57. The Morgan fingerprint density at radius 3 is 1.28 bits per heavy atom. The number of methoxy groups -OCH3 is 6. The average molecular weight is 593 g/mol. The summed E-state index contributed by atoms with van der Waals surface area (Å²) in [6.07, 6.45) is 14.3. The van der Waals surface area contributed by atoms with E-state index in [0.717, 1.165) is 11.1 Å². The molecule has 1 aliphatic rings. The lowest BCUT2D eigenvalue weighted by molar-refractivity contribution is -0.128. The lowest BCUT2D eigenvalue weighted by atomic mass is 10.1. The third-order valence-corrected chi connectivity index (χ3v) is 6.84. The van der Waals surface area contributed by atoms with Crippen molar-refractivity contribution in [2.75, 3.05) is 68.8 Å². The third kappa shape index (κ3) is 8.34. The number of amides is 2. The van der Waals surface area contributed by atoms with Crippen LogP contribution in [0.3, 0.4) is 0 Å². The zero-order valence-electron chi connectivity index (χ0n) is 25.6. The van der Waals surface area contributed by atoms with Gasteiger partial charge in [-0.3, -0.25) is 9.59 Å². The van der Waals surface area contributed by atoms with E-state index in [1.54, 1.807) is 88.9 Å². The second-order valence-electron chi connectivity index (χ2n) is 9.29. The first-order valence-corrected chi connectivity index (χ1v) is 13.8. The number of hydrogen-bond donors (Lipinski definition) is 0. The summed E-state index contributed by atoms with van der Waals surface area (Å²) in [5, 5.41) is 0. The number of carbonyl (C=O) groups excluding carboxylic acids is 2. The third-order valence-electron chi connectivity index (χ3n) is 6.84. The molecule has 0 N–H and O–H groups in total. The van der Waals surface area contributed by atoms with Gasteiger partial charge in [-0.05, 0) is 30.7 Å². The minimum absolute atomic E-state index is 0.111. The largest absolute Gasteiger partial charge is 0.493 e. The highest BCUT2D eigenvalue weighted by Crippen LogP contribution is 2.41. The van der Waals surface area contributed by atoms with Gasteiger partial charge in [0.25, 0.3) is 0 Å². The first-order valence-electron chi connectivity index (χ1n) is 13.8. The molecular weight excluding hydrogens is 552 g/mol. The van der Waals surface area contributed by atoms with Crippen LogP contribution in [0.2, 0.25) is 0 Å². The van der Waals surface area contributed by atoms with E-state index in [1.165, 1.54) is 12.2 Å². The SMILES string of the molecule is COc1ccc(C=CC=CC(=O)N2CCCN(C(=O)C=CC=Cc3ccc(OC)c(OC)c3OC)CC2)c(OC)c1OC. The highest BCUT2D eigenvalue weighted by Gasteiger charge is 2.20. The molecule has 1 saturated heterocycles. The summed E-state index contributed by atoms with van der Waals surface area (Å²) < 4.78 is 32.5. The number of allylic oxidation sites excluding steroid dienone is 4. The minimum Gasteiger partial charge on any atom is -0.493 e. The number of carbonyl (C=O) groups is 2. The molecule has 0 atom stereocenters. The van der Waals surface area contributed by atoms with Gasteiger partial charge in [0, 0.05) is 49.5 Å². The molecule has 2 aromatic rings. The number of rotatable bonds is 12. The maximum absolute atomic E-state index is 12.8. The molecule has 43 heavy (non-hydrogen) atoms. The van der Waals surface area contributed by atoms with Gasteiger partial charge < -0.3 is 38.2 Å². The van der Waals surface area contributed by atoms with Crippen molar-refractivity contribution < 1.29 is 38.0 Å². The van der Waals surface area contributed by atoms with Crippen molar-refractivity contribution in [2.45, 2.75) is 6.42 Å². The summed E-state index contributed by atoms with van der Waals surface area (Å²) in [6.45, 7) is 2.05. The van der Waals surface area contributed by atoms with Crippen LogP contribution in [0.4, 0.5) is 0 Å². The predicted octanol–water partition coefficient (Wildman–Crippen LogP) is 4.64. The molecular formula is C33H40N2O8. The quantitative estimate of drug-likeness (QED) is 0.260. The number of benzene rings is 2. The minimum atomic E-state index is -0.111. The second kappa shape index (κ2) is 16.5. The lowest BCUT2D eigenvalue weighted by Crippen LogP contribution is -2.36. The van der Waals surface area contributed by atoms with E-state index in [2.05, 4.69) is 0 Å². The maximum Gasteiger partial charge on any atom is 0.246 e. The van der Waals surface area contributed by atoms with Crippen LogP contribution in [0.15, 0.2) is 60.7 Å².